The Labute approximate surface area is 148 Å². The van der Waals surface area contributed by atoms with Crippen molar-refractivity contribution in [1.82, 2.24) is 10.6 Å². The molecule has 1 aromatic rings. The van der Waals surface area contributed by atoms with Crippen LogP contribution >= 0.6 is 15.9 Å². The van der Waals surface area contributed by atoms with Crippen LogP contribution in [0, 0.1) is 6.92 Å². The van der Waals surface area contributed by atoms with Gasteiger partial charge < -0.3 is 15.4 Å². The van der Waals surface area contributed by atoms with Gasteiger partial charge >= 0.3 is 6.09 Å². The molecule has 0 heterocycles. The lowest BCUT2D eigenvalue weighted by Gasteiger charge is -2.22. The number of hydrogen-bond acceptors (Lipinski definition) is 3. The minimum absolute atomic E-state index is 0.229. The second-order valence-electron chi connectivity index (χ2n) is 6.83. The topological polar surface area (TPSA) is 50.4 Å². The number of alkyl carbamates (subject to hydrolysis) is 1. The van der Waals surface area contributed by atoms with E-state index in [2.05, 4.69) is 58.6 Å². The second-order valence-corrected chi connectivity index (χ2v) is 7.69. The van der Waals surface area contributed by atoms with Crippen LogP contribution in [0.25, 0.3) is 0 Å². The first kappa shape index (κ1) is 20.0. The van der Waals surface area contributed by atoms with E-state index in [0.29, 0.717) is 6.54 Å². The highest BCUT2D eigenvalue weighted by Gasteiger charge is 2.17. The lowest BCUT2D eigenvalue weighted by atomic mass is 10.1. The summed E-state index contributed by atoms with van der Waals surface area (Å²) in [5.41, 5.74) is 1.98. The molecule has 2 N–H and O–H groups in total. The van der Waals surface area contributed by atoms with E-state index >= 15 is 0 Å². The Morgan fingerprint density at radius 2 is 2.04 bits per heavy atom. The molecule has 0 aliphatic carbocycles. The van der Waals surface area contributed by atoms with Crippen LogP contribution in [-0.4, -0.2) is 24.3 Å². The molecular formula is C18H29BrN2O2. The van der Waals surface area contributed by atoms with E-state index in [1.807, 2.05) is 20.8 Å². The van der Waals surface area contributed by atoms with Gasteiger partial charge in [-0.1, -0.05) is 41.4 Å². The molecule has 0 aliphatic heterocycles. The monoisotopic (exact) mass is 384 g/mol. The summed E-state index contributed by atoms with van der Waals surface area (Å²) in [5, 5.41) is 6.36. The van der Waals surface area contributed by atoms with Gasteiger partial charge in [-0.25, -0.2) is 4.79 Å². The number of benzene rings is 1. The maximum Gasteiger partial charge on any atom is 0.407 e. The van der Waals surface area contributed by atoms with Gasteiger partial charge in [0.15, 0.2) is 0 Å². The lowest BCUT2D eigenvalue weighted by molar-refractivity contribution is 0.0521. The van der Waals surface area contributed by atoms with E-state index in [9.17, 15) is 4.79 Å². The highest BCUT2D eigenvalue weighted by atomic mass is 79.9. The van der Waals surface area contributed by atoms with Gasteiger partial charge in [0, 0.05) is 23.6 Å². The Balaban J connectivity index is 2.48. The van der Waals surface area contributed by atoms with Crippen molar-refractivity contribution in [1.29, 1.82) is 0 Å². The Kier molecular flexibility index (Phi) is 8.06. The number of amides is 1. The molecule has 23 heavy (non-hydrogen) atoms. The molecule has 130 valence electrons. The molecule has 1 unspecified atom stereocenters. The van der Waals surface area contributed by atoms with E-state index in [4.69, 9.17) is 4.74 Å². The minimum Gasteiger partial charge on any atom is -0.444 e. The summed E-state index contributed by atoms with van der Waals surface area (Å²) in [6, 6.07) is 6.59. The zero-order chi connectivity index (χ0) is 17.5. The Bertz CT molecular complexity index is 512. The summed E-state index contributed by atoms with van der Waals surface area (Å²) in [6.45, 7) is 11.2. The normalized spacial score (nSPS) is 12.8. The second kappa shape index (κ2) is 9.28. The minimum atomic E-state index is -0.466. The van der Waals surface area contributed by atoms with Gasteiger partial charge in [0.05, 0.1) is 0 Å². The van der Waals surface area contributed by atoms with Gasteiger partial charge in [0.2, 0.25) is 0 Å². The van der Waals surface area contributed by atoms with Crippen molar-refractivity contribution < 1.29 is 9.53 Å². The van der Waals surface area contributed by atoms with Crippen molar-refractivity contribution in [3.63, 3.8) is 0 Å². The molecule has 1 aromatic carbocycles. The van der Waals surface area contributed by atoms with Crippen molar-refractivity contribution in [2.24, 2.45) is 0 Å². The number of aryl methyl sites for hydroxylation is 1. The van der Waals surface area contributed by atoms with E-state index < -0.39 is 5.60 Å². The predicted octanol–water partition coefficient (Wildman–Crippen LogP) is 4.54. The number of carbonyl (C=O) groups is 1. The predicted molar refractivity (Wildman–Crippen MR) is 98.7 cm³/mol. The van der Waals surface area contributed by atoms with Gasteiger partial charge in [0.1, 0.15) is 5.60 Å². The summed E-state index contributed by atoms with van der Waals surface area (Å²) < 4.78 is 6.39. The van der Waals surface area contributed by atoms with Crippen LogP contribution < -0.4 is 10.6 Å². The quantitative estimate of drug-likeness (QED) is 0.725. The molecule has 1 amide bonds. The number of carbonyl (C=O) groups excluding carboxylic acids is 1. The third-order valence-electron chi connectivity index (χ3n) is 3.36. The molecule has 1 rings (SSSR count). The molecule has 5 heteroatoms. The number of rotatable bonds is 7. The summed E-state index contributed by atoms with van der Waals surface area (Å²) in [7, 11) is 0. The van der Waals surface area contributed by atoms with Crippen molar-refractivity contribution in [2.75, 3.05) is 6.54 Å². The number of hydrogen-bond donors (Lipinski definition) is 2. The molecule has 0 radical (unpaired) electrons. The summed E-state index contributed by atoms with van der Waals surface area (Å²) in [6.07, 6.45) is 1.70. The molecule has 0 aliphatic rings. The van der Waals surface area contributed by atoms with Crippen molar-refractivity contribution >= 4 is 22.0 Å². The molecule has 0 spiro atoms. The third kappa shape index (κ3) is 8.37. The smallest absolute Gasteiger partial charge is 0.407 e. The van der Waals surface area contributed by atoms with Crippen LogP contribution in [0.5, 0.6) is 0 Å². The fourth-order valence-corrected chi connectivity index (χ4v) is 2.58. The molecule has 1 atom stereocenters. The van der Waals surface area contributed by atoms with Gasteiger partial charge in [-0.3, -0.25) is 0 Å². The summed E-state index contributed by atoms with van der Waals surface area (Å²) >= 11 is 3.56. The molecule has 4 nitrogen and oxygen atoms in total. The van der Waals surface area contributed by atoms with Gasteiger partial charge in [-0.2, -0.15) is 0 Å². The largest absolute Gasteiger partial charge is 0.444 e. The van der Waals surface area contributed by atoms with E-state index in [1.165, 1.54) is 11.1 Å². The van der Waals surface area contributed by atoms with E-state index in [0.717, 1.165) is 23.9 Å². The molecule has 0 bridgehead atoms. The number of halogens is 1. The summed E-state index contributed by atoms with van der Waals surface area (Å²) in [4.78, 5) is 11.8. The van der Waals surface area contributed by atoms with Crippen LogP contribution in [0.3, 0.4) is 0 Å². The fraction of sp³-hybridized carbons (Fsp3) is 0.611. The standard InChI is InChI=1S/C18H29BrN2O2/c1-6-7-15(12-21-17(22)23-18(3,4)5)20-11-14-9-8-13(2)16(19)10-14/h8-10,15,20H,6-7,11-12H2,1-5H3,(H,21,22). The van der Waals surface area contributed by atoms with Crippen LogP contribution in [0.2, 0.25) is 0 Å². The highest BCUT2D eigenvalue weighted by molar-refractivity contribution is 9.10. The van der Waals surface area contributed by atoms with Gasteiger partial charge in [-0.05, 0) is 51.3 Å². The Morgan fingerprint density at radius 1 is 1.35 bits per heavy atom. The van der Waals surface area contributed by atoms with Crippen molar-refractivity contribution in [2.45, 2.75) is 65.6 Å². The van der Waals surface area contributed by atoms with Crippen molar-refractivity contribution in [3.8, 4) is 0 Å². The van der Waals surface area contributed by atoms with Crippen LogP contribution in [-0.2, 0) is 11.3 Å². The van der Waals surface area contributed by atoms with E-state index in [-0.39, 0.29) is 12.1 Å². The van der Waals surface area contributed by atoms with Crippen molar-refractivity contribution in [3.05, 3.63) is 33.8 Å². The summed E-state index contributed by atoms with van der Waals surface area (Å²) in [5.74, 6) is 0. The maximum atomic E-state index is 11.8. The lowest BCUT2D eigenvalue weighted by Crippen LogP contribution is -2.42. The fourth-order valence-electron chi connectivity index (χ4n) is 2.15. The average molecular weight is 385 g/mol. The Morgan fingerprint density at radius 3 is 2.61 bits per heavy atom. The maximum absolute atomic E-state index is 11.8. The molecule has 0 saturated carbocycles. The molecule has 0 saturated heterocycles. The molecule has 0 aromatic heterocycles. The van der Waals surface area contributed by atoms with Gasteiger partial charge in [-0.15, -0.1) is 0 Å². The first-order valence-corrected chi connectivity index (χ1v) is 8.96. The number of nitrogens with one attached hydrogen (secondary N) is 2. The van der Waals surface area contributed by atoms with Crippen LogP contribution in [0.15, 0.2) is 22.7 Å². The molecular weight excluding hydrogens is 356 g/mol. The van der Waals surface area contributed by atoms with Gasteiger partial charge in [0.25, 0.3) is 0 Å². The first-order chi connectivity index (χ1) is 10.7. The zero-order valence-corrected chi connectivity index (χ0v) is 16.4. The zero-order valence-electron chi connectivity index (χ0n) is 14.8. The number of ether oxygens (including phenoxy) is 1. The first-order valence-electron chi connectivity index (χ1n) is 8.16. The molecule has 0 fully saturated rings. The van der Waals surface area contributed by atoms with Crippen LogP contribution in [0.1, 0.15) is 51.7 Å². The van der Waals surface area contributed by atoms with Crippen LogP contribution in [0.4, 0.5) is 4.79 Å². The SMILES string of the molecule is CCCC(CNC(=O)OC(C)(C)C)NCc1ccc(C)c(Br)c1. The van der Waals surface area contributed by atoms with E-state index in [1.54, 1.807) is 0 Å². The Hall–Kier alpha value is -1.07. The highest BCUT2D eigenvalue weighted by Crippen LogP contribution is 2.17. The third-order valence-corrected chi connectivity index (χ3v) is 4.21. The average Bonchev–Trinajstić information content (AvgIpc) is 2.43.